The molecular formula is C19H23N3O2. The van der Waals surface area contributed by atoms with Gasteiger partial charge in [-0.15, -0.1) is 0 Å². The molecule has 0 bridgehead atoms. The van der Waals surface area contributed by atoms with Crippen molar-refractivity contribution in [3.05, 3.63) is 59.4 Å². The summed E-state index contributed by atoms with van der Waals surface area (Å²) in [6, 6.07) is 11.8. The number of hydrogen-bond donors (Lipinski definition) is 1. The lowest BCUT2D eigenvalue weighted by atomic mass is 10.0. The number of piperazine rings is 1. The maximum absolute atomic E-state index is 12.9. The monoisotopic (exact) mass is 325 g/mol. The first kappa shape index (κ1) is 16.5. The second-order valence-electron chi connectivity index (χ2n) is 6.03. The van der Waals surface area contributed by atoms with Crippen LogP contribution in [0.3, 0.4) is 0 Å². The van der Waals surface area contributed by atoms with Crippen molar-refractivity contribution in [3.63, 3.8) is 0 Å². The SMILES string of the molecule is COc1ccccc1C1CNCCN1C(=O)Cc1ccc(C)nc1. The van der Waals surface area contributed by atoms with Crippen LogP contribution in [0, 0.1) is 6.92 Å². The molecule has 1 aromatic carbocycles. The van der Waals surface area contributed by atoms with Crippen molar-refractivity contribution >= 4 is 5.91 Å². The predicted molar refractivity (Wildman–Crippen MR) is 93.0 cm³/mol. The van der Waals surface area contributed by atoms with E-state index in [1.54, 1.807) is 13.3 Å². The van der Waals surface area contributed by atoms with Gasteiger partial charge in [0.2, 0.25) is 5.91 Å². The number of nitrogens with one attached hydrogen (secondary N) is 1. The van der Waals surface area contributed by atoms with E-state index in [1.165, 1.54) is 0 Å². The molecule has 126 valence electrons. The van der Waals surface area contributed by atoms with E-state index < -0.39 is 0 Å². The summed E-state index contributed by atoms with van der Waals surface area (Å²) in [5.74, 6) is 0.944. The van der Waals surface area contributed by atoms with E-state index in [1.807, 2.05) is 48.2 Å². The molecule has 5 nitrogen and oxygen atoms in total. The number of pyridine rings is 1. The number of carbonyl (C=O) groups is 1. The quantitative estimate of drug-likeness (QED) is 0.935. The topological polar surface area (TPSA) is 54.5 Å². The largest absolute Gasteiger partial charge is 0.496 e. The van der Waals surface area contributed by atoms with Crippen molar-refractivity contribution in [1.82, 2.24) is 15.2 Å². The molecule has 0 saturated carbocycles. The van der Waals surface area contributed by atoms with Crippen molar-refractivity contribution in [1.29, 1.82) is 0 Å². The normalized spacial score (nSPS) is 17.6. The molecule has 1 atom stereocenters. The van der Waals surface area contributed by atoms with Crippen LogP contribution < -0.4 is 10.1 Å². The van der Waals surface area contributed by atoms with E-state index in [2.05, 4.69) is 10.3 Å². The summed E-state index contributed by atoms with van der Waals surface area (Å²) in [4.78, 5) is 19.1. The van der Waals surface area contributed by atoms with Gasteiger partial charge in [-0.25, -0.2) is 0 Å². The second kappa shape index (κ2) is 7.45. The fourth-order valence-corrected chi connectivity index (χ4v) is 3.10. The van der Waals surface area contributed by atoms with Gasteiger partial charge in [-0.3, -0.25) is 9.78 Å². The summed E-state index contributed by atoms with van der Waals surface area (Å²) >= 11 is 0. The number of nitrogens with zero attached hydrogens (tertiary/aromatic N) is 2. The molecule has 2 aromatic rings. The van der Waals surface area contributed by atoms with Gasteiger partial charge >= 0.3 is 0 Å². The third-order valence-electron chi connectivity index (χ3n) is 4.39. The molecule has 1 aliphatic rings. The summed E-state index contributed by atoms with van der Waals surface area (Å²) in [5, 5.41) is 3.38. The first-order chi connectivity index (χ1) is 11.7. The standard InChI is InChI=1S/C19H23N3O2/c1-14-7-8-15(12-21-14)11-19(23)22-10-9-20-13-17(22)16-5-3-4-6-18(16)24-2/h3-8,12,17,20H,9-11,13H2,1-2H3. The molecule has 0 aliphatic carbocycles. The van der Waals surface area contributed by atoms with Crippen LogP contribution in [0.2, 0.25) is 0 Å². The summed E-state index contributed by atoms with van der Waals surface area (Å²) in [7, 11) is 1.67. The smallest absolute Gasteiger partial charge is 0.227 e. The number of aromatic nitrogens is 1. The number of rotatable bonds is 4. The van der Waals surface area contributed by atoms with Gasteiger partial charge in [0, 0.05) is 37.1 Å². The van der Waals surface area contributed by atoms with Crippen LogP contribution in [0.15, 0.2) is 42.6 Å². The van der Waals surface area contributed by atoms with Crippen molar-refractivity contribution in [2.45, 2.75) is 19.4 Å². The molecule has 1 fully saturated rings. The van der Waals surface area contributed by atoms with E-state index in [0.29, 0.717) is 13.0 Å². The van der Waals surface area contributed by atoms with Gasteiger partial charge in [-0.05, 0) is 24.6 Å². The molecule has 2 heterocycles. The number of hydrogen-bond acceptors (Lipinski definition) is 4. The number of amides is 1. The average Bonchev–Trinajstić information content (AvgIpc) is 2.63. The highest BCUT2D eigenvalue weighted by Gasteiger charge is 2.29. The minimum atomic E-state index is -0.0131. The third-order valence-corrected chi connectivity index (χ3v) is 4.39. The lowest BCUT2D eigenvalue weighted by Gasteiger charge is -2.37. The Morgan fingerprint density at radius 3 is 2.92 bits per heavy atom. The zero-order valence-corrected chi connectivity index (χ0v) is 14.2. The Morgan fingerprint density at radius 2 is 2.17 bits per heavy atom. The van der Waals surface area contributed by atoms with Crippen molar-refractivity contribution in [3.8, 4) is 5.75 Å². The Hall–Kier alpha value is -2.40. The van der Waals surface area contributed by atoms with Crippen LogP contribution in [-0.4, -0.2) is 42.5 Å². The summed E-state index contributed by atoms with van der Waals surface area (Å²) < 4.78 is 5.48. The summed E-state index contributed by atoms with van der Waals surface area (Å²) in [6.07, 6.45) is 2.16. The van der Waals surface area contributed by atoms with Crippen LogP contribution in [0.1, 0.15) is 22.9 Å². The Bertz CT molecular complexity index is 700. The second-order valence-corrected chi connectivity index (χ2v) is 6.03. The van der Waals surface area contributed by atoms with Crippen molar-refractivity contribution in [2.75, 3.05) is 26.7 Å². The van der Waals surface area contributed by atoms with Gasteiger partial charge in [0.05, 0.1) is 19.6 Å². The van der Waals surface area contributed by atoms with Crippen molar-refractivity contribution < 1.29 is 9.53 Å². The maximum Gasteiger partial charge on any atom is 0.227 e. The lowest BCUT2D eigenvalue weighted by Crippen LogP contribution is -2.49. The van der Waals surface area contributed by atoms with Gasteiger partial charge in [0.15, 0.2) is 0 Å². The van der Waals surface area contributed by atoms with E-state index in [-0.39, 0.29) is 11.9 Å². The molecule has 3 rings (SSSR count). The van der Waals surface area contributed by atoms with Gasteiger partial charge in [0.25, 0.3) is 0 Å². The van der Waals surface area contributed by atoms with E-state index in [4.69, 9.17) is 4.74 Å². The van der Waals surface area contributed by atoms with Gasteiger partial charge in [-0.1, -0.05) is 24.3 Å². The summed E-state index contributed by atoms with van der Waals surface area (Å²) in [5.41, 5.74) is 2.95. The molecule has 5 heteroatoms. The molecule has 0 radical (unpaired) electrons. The molecule has 1 unspecified atom stereocenters. The third kappa shape index (κ3) is 3.57. The van der Waals surface area contributed by atoms with E-state index in [0.717, 1.165) is 35.7 Å². The van der Waals surface area contributed by atoms with Crippen LogP contribution >= 0.6 is 0 Å². The first-order valence-electron chi connectivity index (χ1n) is 8.23. The van der Waals surface area contributed by atoms with Crippen LogP contribution in [0.25, 0.3) is 0 Å². The zero-order valence-electron chi connectivity index (χ0n) is 14.2. The van der Waals surface area contributed by atoms with E-state index in [9.17, 15) is 4.79 Å². The molecule has 24 heavy (non-hydrogen) atoms. The highest BCUT2D eigenvalue weighted by Crippen LogP contribution is 2.30. The maximum atomic E-state index is 12.9. The first-order valence-corrected chi connectivity index (χ1v) is 8.23. The van der Waals surface area contributed by atoms with E-state index >= 15 is 0 Å². The van der Waals surface area contributed by atoms with Crippen molar-refractivity contribution in [2.24, 2.45) is 0 Å². The number of aryl methyl sites for hydroxylation is 1. The highest BCUT2D eigenvalue weighted by molar-refractivity contribution is 5.79. The Kier molecular flexibility index (Phi) is 5.11. The number of ether oxygens (including phenoxy) is 1. The zero-order chi connectivity index (χ0) is 16.9. The van der Waals surface area contributed by atoms with Gasteiger partial charge < -0.3 is 15.0 Å². The number of methoxy groups -OCH3 is 1. The van der Waals surface area contributed by atoms with Gasteiger partial charge in [0.1, 0.15) is 5.75 Å². The molecule has 1 aromatic heterocycles. The fraction of sp³-hybridized carbons (Fsp3) is 0.368. The Morgan fingerprint density at radius 1 is 1.33 bits per heavy atom. The lowest BCUT2D eigenvalue weighted by molar-refractivity contribution is -0.133. The highest BCUT2D eigenvalue weighted by atomic mass is 16.5. The number of carbonyl (C=O) groups excluding carboxylic acids is 1. The molecule has 1 N–H and O–H groups in total. The Labute approximate surface area is 142 Å². The molecule has 0 spiro atoms. The number of para-hydroxylation sites is 1. The average molecular weight is 325 g/mol. The molecular weight excluding hydrogens is 302 g/mol. The van der Waals surface area contributed by atoms with Gasteiger partial charge in [-0.2, -0.15) is 0 Å². The van der Waals surface area contributed by atoms with Crippen LogP contribution in [0.4, 0.5) is 0 Å². The minimum absolute atomic E-state index is 0.0131. The fourth-order valence-electron chi connectivity index (χ4n) is 3.10. The minimum Gasteiger partial charge on any atom is -0.496 e. The number of benzene rings is 1. The van der Waals surface area contributed by atoms with Crippen LogP contribution in [-0.2, 0) is 11.2 Å². The van der Waals surface area contributed by atoms with Crippen LogP contribution in [0.5, 0.6) is 5.75 Å². The molecule has 1 aliphatic heterocycles. The molecule has 1 saturated heterocycles. The Balaban J connectivity index is 1.81. The molecule has 1 amide bonds. The summed E-state index contributed by atoms with van der Waals surface area (Å²) in [6.45, 7) is 4.18. The predicted octanol–water partition coefficient (Wildman–Crippen LogP) is 2.11.